The van der Waals surface area contributed by atoms with Crippen molar-refractivity contribution in [2.24, 2.45) is 0 Å². The standard InChI is InChI=1S/C26H41N3O7/c1-26(2,3)36-25(33)29-21(23(31)27-17-11-6-9-16-22(30)34-4)15-10-12-18-28-24(32)35-19-20-13-7-5-8-14-20/h5,7-8,13-14,21H,6,9-12,15-19H2,1-4H3,(H,27,31)(H,28,32)(H,29,33)/t21-/m0/s1. The van der Waals surface area contributed by atoms with Crippen LogP contribution >= 0.6 is 0 Å². The lowest BCUT2D eigenvalue weighted by molar-refractivity contribution is -0.140. The molecule has 10 nitrogen and oxygen atoms in total. The lowest BCUT2D eigenvalue weighted by atomic mass is 10.1. The number of hydrogen-bond donors (Lipinski definition) is 3. The van der Waals surface area contributed by atoms with Crippen LogP contribution in [0.5, 0.6) is 0 Å². The van der Waals surface area contributed by atoms with Crippen LogP contribution in [0.4, 0.5) is 9.59 Å². The van der Waals surface area contributed by atoms with Crippen molar-refractivity contribution in [1.29, 1.82) is 0 Å². The zero-order chi connectivity index (χ0) is 26.8. The fourth-order valence-electron chi connectivity index (χ4n) is 3.16. The highest BCUT2D eigenvalue weighted by Gasteiger charge is 2.24. The summed E-state index contributed by atoms with van der Waals surface area (Å²) < 4.78 is 15.1. The molecule has 0 bridgehead atoms. The normalized spacial score (nSPS) is 11.7. The molecule has 0 fully saturated rings. The molecule has 0 saturated carbocycles. The van der Waals surface area contributed by atoms with Crippen LogP contribution < -0.4 is 16.0 Å². The van der Waals surface area contributed by atoms with Gasteiger partial charge in [-0.05, 0) is 58.4 Å². The van der Waals surface area contributed by atoms with E-state index in [-0.39, 0.29) is 18.5 Å². The number of methoxy groups -OCH3 is 1. The highest BCUT2D eigenvalue weighted by Crippen LogP contribution is 2.09. The molecule has 0 spiro atoms. The van der Waals surface area contributed by atoms with Gasteiger partial charge in [0.05, 0.1) is 7.11 Å². The first-order valence-corrected chi connectivity index (χ1v) is 12.4. The van der Waals surface area contributed by atoms with Gasteiger partial charge < -0.3 is 30.2 Å². The SMILES string of the molecule is COC(=O)CCCCCNC(=O)[C@H](CCCCNC(=O)OCc1ccccc1)NC(=O)OC(C)(C)C. The highest BCUT2D eigenvalue weighted by molar-refractivity contribution is 5.85. The van der Waals surface area contributed by atoms with Gasteiger partial charge in [-0.2, -0.15) is 0 Å². The molecule has 202 valence electrons. The van der Waals surface area contributed by atoms with Crippen molar-refractivity contribution in [3.8, 4) is 0 Å². The second kappa shape index (κ2) is 17.2. The van der Waals surface area contributed by atoms with Crippen LogP contribution in [-0.4, -0.2) is 55.9 Å². The minimum atomic E-state index is -0.764. The van der Waals surface area contributed by atoms with Crippen molar-refractivity contribution in [2.75, 3.05) is 20.2 Å². The maximum absolute atomic E-state index is 12.7. The molecule has 0 radical (unpaired) electrons. The van der Waals surface area contributed by atoms with E-state index in [1.165, 1.54) is 7.11 Å². The van der Waals surface area contributed by atoms with E-state index in [0.29, 0.717) is 51.6 Å². The molecule has 1 rings (SSSR count). The molecule has 0 saturated heterocycles. The summed E-state index contributed by atoms with van der Waals surface area (Å²) >= 11 is 0. The Kier molecular flexibility index (Phi) is 14.7. The smallest absolute Gasteiger partial charge is 0.408 e. The molecule has 0 heterocycles. The first-order valence-electron chi connectivity index (χ1n) is 12.4. The summed E-state index contributed by atoms with van der Waals surface area (Å²) in [6.07, 6.45) is 2.91. The number of alkyl carbamates (subject to hydrolysis) is 2. The molecular weight excluding hydrogens is 466 g/mol. The molecule has 3 amide bonds. The molecule has 0 aliphatic heterocycles. The van der Waals surface area contributed by atoms with Crippen LogP contribution in [-0.2, 0) is 30.4 Å². The number of unbranched alkanes of at least 4 members (excludes halogenated alkanes) is 3. The molecule has 0 unspecified atom stereocenters. The average Bonchev–Trinajstić information content (AvgIpc) is 2.83. The van der Waals surface area contributed by atoms with Crippen LogP contribution in [0.1, 0.15) is 71.3 Å². The summed E-state index contributed by atoms with van der Waals surface area (Å²) in [6, 6.07) is 8.62. The van der Waals surface area contributed by atoms with Gasteiger partial charge in [0.15, 0.2) is 0 Å². The Morgan fingerprint density at radius 3 is 2.19 bits per heavy atom. The van der Waals surface area contributed by atoms with Gasteiger partial charge in [0.1, 0.15) is 18.2 Å². The van der Waals surface area contributed by atoms with E-state index in [1.54, 1.807) is 20.8 Å². The molecule has 0 aliphatic rings. The topological polar surface area (TPSA) is 132 Å². The van der Waals surface area contributed by atoms with E-state index in [0.717, 1.165) is 12.0 Å². The number of rotatable bonds is 15. The minimum absolute atomic E-state index is 0.192. The molecule has 36 heavy (non-hydrogen) atoms. The van der Waals surface area contributed by atoms with Crippen molar-refractivity contribution < 1.29 is 33.4 Å². The number of carbonyl (C=O) groups is 4. The van der Waals surface area contributed by atoms with Crippen molar-refractivity contribution in [3.63, 3.8) is 0 Å². The molecule has 1 aromatic rings. The Morgan fingerprint density at radius 2 is 1.53 bits per heavy atom. The van der Waals surface area contributed by atoms with Crippen LogP contribution in [0, 0.1) is 0 Å². The second-order valence-corrected chi connectivity index (χ2v) is 9.36. The monoisotopic (exact) mass is 507 g/mol. The second-order valence-electron chi connectivity index (χ2n) is 9.36. The average molecular weight is 508 g/mol. The Balaban J connectivity index is 2.38. The summed E-state index contributed by atoms with van der Waals surface area (Å²) in [5, 5.41) is 8.16. The molecular formula is C26H41N3O7. The molecule has 1 aromatic carbocycles. The third-order valence-electron chi connectivity index (χ3n) is 4.99. The summed E-state index contributed by atoms with van der Waals surface area (Å²) in [5.74, 6) is -0.552. The fourth-order valence-corrected chi connectivity index (χ4v) is 3.16. The largest absolute Gasteiger partial charge is 0.469 e. The number of nitrogens with one attached hydrogen (secondary N) is 3. The van der Waals surface area contributed by atoms with Gasteiger partial charge in [0.25, 0.3) is 0 Å². The molecule has 3 N–H and O–H groups in total. The number of benzene rings is 1. The lowest BCUT2D eigenvalue weighted by Crippen LogP contribution is -2.48. The van der Waals surface area contributed by atoms with Gasteiger partial charge in [-0.25, -0.2) is 9.59 Å². The number of carbonyl (C=O) groups excluding carboxylic acids is 4. The zero-order valence-electron chi connectivity index (χ0n) is 21.9. The summed E-state index contributed by atoms with van der Waals surface area (Å²) in [5.41, 5.74) is 0.215. The number of esters is 1. The third-order valence-corrected chi connectivity index (χ3v) is 4.99. The summed E-state index contributed by atoms with van der Waals surface area (Å²) in [6.45, 7) is 6.25. The van der Waals surface area contributed by atoms with E-state index in [9.17, 15) is 19.2 Å². The Hall–Kier alpha value is -3.30. The van der Waals surface area contributed by atoms with Crippen LogP contribution in [0.15, 0.2) is 30.3 Å². The van der Waals surface area contributed by atoms with Gasteiger partial charge in [0, 0.05) is 19.5 Å². The van der Waals surface area contributed by atoms with Gasteiger partial charge in [-0.15, -0.1) is 0 Å². The van der Waals surface area contributed by atoms with E-state index in [1.807, 2.05) is 30.3 Å². The number of ether oxygens (including phenoxy) is 3. The molecule has 10 heteroatoms. The van der Waals surface area contributed by atoms with Crippen LogP contribution in [0.3, 0.4) is 0 Å². The lowest BCUT2D eigenvalue weighted by Gasteiger charge is -2.23. The Bertz CT molecular complexity index is 810. The maximum atomic E-state index is 12.7. The van der Waals surface area contributed by atoms with Crippen molar-refractivity contribution >= 4 is 24.1 Å². The third kappa shape index (κ3) is 15.6. The molecule has 0 aromatic heterocycles. The predicted molar refractivity (Wildman–Crippen MR) is 135 cm³/mol. The minimum Gasteiger partial charge on any atom is -0.469 e. The van der Waals surface area contributed by atoms with Crippen molar-refractivity contribution in [2.45, 2.75) is 84.0 Å². The van der Waals surface area contributed by atoms with Gasteiger partial charge in [-0.1, -0.05) is 36.8 Å². The van der Waals surface area contributed by atoms with E-state index in [4.69, 9.17) is 9.47 Å². The Morgan fingerprint density at radius 1 is 0.861 bits per heavy atom. The fraction of sp³-hybridized carbons (Fsp3) is 0.615. The van der Waals surface area contributed by atoms with Crippen LogP contribution in [0.25, 0.3) is 0 Å². The molecule has 1 atom stereocenters. The van der Waals surface area contributed by atoms with Crippen molar-refractivity contribution in [3.05, 3.63) is 35.9 Å². The van der Waals surface area contributed by atoms with E-state index >= 15 is 0 Å². The quantitative estimate of drug-likeness (QED) is 0.187. The van der Waals surface area contributed by atoms with Gasteiger partial charge >= 0.3 is 18.2 Å². The molecule has 0 aliphatic carbocycles. The zero-order valence-corrected chi connectivity index (χ0v) is 21.9. The van der Waals surface area contributed by atoms with Crippen molar-refractivity contribution in [1.82, 2.24) is 16.0 Å². The predicted octanol–water partition coefficient (Wildman–Crippen LogP) is 3.83. The van der Waals surface area contributed by atoms with Crippen LogP contribution in [0.2, 0.25) is 0 Å². The highest BCUT2D eigenvalue weighted by atomic mass is 16.6. The maximum Gasteiger partial charge on any atom is 0.408 e. The van der Waals surface area contributed by atoms with Gasteiger partial charge in [0.2, 0.25) is 5.91 Å². The first-order chi connectivity index (χ1) is 17.1. The number of amides is 3. The summed E-state index contributed by atoms with van der Waals surface area (Å²) in [4.78, 5) is 47.9. The first kappa shape index (κ1) is 30.7. The Labute approximate surface area is 213 Å². The van der Waals surface area contributed by atoms with E-state index in [2.05, 4.69) is 20.7 Å². The number of hydrogen-bond acceptors (Lipinski definition) is 7. The van der Waals surface area contributed by atoms with E-state index < -0.39 is 23.8 Å². The summed E-state index contributed by atoms with van der Waals surface area (Å²) in [7, 11) is 1.36. The van der Waals surface area contributed by atoms with Gasteiger partial charge in [-0.3, -0.25) is 9.59 Å².